The third-order valence-electron chi connectivity index (χ3n) is 5.42. The summed E-state index contributed by atoms with van der Waals surface area (Å²) < 4.78 is 11.2. The van der Waals surface area contributed by atoms with E-state index in [9.17, 15) is 9.59 Å². The molecule has 1 aliphatic carbocycles. The average Bonchev–Trinajstić information content (AvgIpc) is 2.78. The second-order valence-electron chi connectivity index (χ2n) is 7.73. The highest BCUT2D eigenvalue weighted by Gasteiger charge is 2.19. The lowest BCUT2D eigenvalue weighted by Crippen LogP contribution is -2.17. The Bertz CT molecular complexity index is 711. The molecule has 0 aliphatic heterocycles. The van der Waals surface area contributed by atoms with Gasteiger partial charge in [0.1, 0.15) is 0 Å². The van der Waals surface area contributed by atoms with E-state index in [1.54, 1.807) is 0 Å². The van der Waals surface area contributed by atoms with E-state index < -0.39 is 6.10 Å². The Hall–Kier alpha value is -2.62. The molecule has 1 aliphatic rings. The summed E-state index contributed by atoms with van der Waals surface area (Å²) in [6.07, 6.45) is 6.52. The lowest BCUT2D eigenvalue weighted by Gasteiger charge is -2.21. The molecule has 0 amide bonds. The van der Waals surface area contributed by atoms with E-state index in [-0.39, 0.29) is 24.8 Å². The van der Waals surface area contributed by atoms with E-state index in [2.05, 4.69) is 0 Å². The standard InChI is InChI=1S/C25H30O4/c26-23(28-19-20-11-4-1-5-12-20)17-10-18-24(27)29-25(21-13-6-2-7-14-21)22-15-8-3-9-16-22/h2-3,6-9,13-16,20,25H,1,4-5,10-12,17-19H2. The van der Waals surface area contributed by atoms with Gasteiger partial charge in [0.2, 0.25) is 0 Å². The number of carbonyl (C=O) groups excluding carboxylic acids is 2. The zero-order valence-electron chi connectivity index (χ0n) is 16.9. The molecule has 4 nitrogen and oxygen atoms in total. The van der Waals surface area contributed by atoms with Gasteiger partial charge in [0, 0.05) is 12.8 Å². The maximum absolute atomic E-state index is 12.4. The molecule has 0 N–H and O–H groups in total. The fourth-order valence-corrected chi connectivity index (χ4v) is 3.79. The van der Waals surface area contributed by atoms with Gasteiger partial charge in [-0.2, -0.15) is 0 Å². The Morgan fingerprint density at radius 1 is 0.793 bits per heavy atom. The highest BCUT2D eigenvalue weighted by Crippen LogP contribution is 2.27. The van der Waals surface area contributed by atoms with Crippen LogP contribution in [0.4, 0.5) is 0 Å². The second-order valence-corrected chi connectivity index (χ2v) is 7.73. The minimum absolute atomic E-state index is 0.203. The Morgan fingerprint density at radius 3 is 1.93 bits per heavy atom. The molecule has 2 aromatic carbocycles. The smallest absolute Gasteiger partial charge is 0.306 e. The fraction of sp³-hybridized carbons (Fsp3) is 0.440. The molecule has 0 atom stereocenters. The molecule has 0 spiro atoms. The van der Waals surface area contributed by atoms with E-state index >= 15 is 0 Å². The monoisotopic (exact) mass is 394 g/mol. The fourth-order valence-electron chi connectivity index (χ4n) is 3.79. The summed E-state index contributed by atoms with van der Waals surface area (Å²) in [4.78, 5) is 24.4. The molecular weight excluding hydrogens is 364 g/mol. The highest BCUT2D eigenvalue weighted by molar-refractivity contribution is 5.73. The van der Waals surface area contributed by atoms with Crippen LogP contribution in [0, 0.1) is 5.92 Å². The van der Waals surface area contributed by atoms with E-state index in [4.69, 9.17) is 9.47 Å². The first kappa shape index (κ1) is 21.1. The molecular formula is C25H30O4. The van der Waals surface area contributed by atoms with Crippen LogP contribution in [-0.4, -0.2) is 18.5 Å². The van der Waals surface area contributed by atoms with Crippen LogP contribution in [0.15, 0.2) is 60.7 Å². The van der Waals surface area contributed by atoms with Crippen LogP contribution in [0.3, 0.4) is 0 Å². The van der Waals surface area contributed by atoms with Crippen LogP contribution < -0.4 is 0 Å². The minimum atomic E-state index is -0.442. The lowest BCUT2D eigenvalue weighted by molar-refractivity contribution is -0.148. The number of esters is 2. The maximum atomic E-state index is 12.4. The first-order valence-corrected chi connectivity index (χ1v) is 10.7. The van der Waals surface area contributed by atoms with Gasteiger partial charge in [0.25, 0.3) is 0 Å². The molecule has 0 heterocycles. The molecule has 29 heavy (non-hydrogen) atoms. The van der Waals surface area contributed by atoms with Gasteiger partial charge < -0.3 is 9.47 Å². The van der Waals surface area contributed by atoms with Crippen molar-refractivity contribution in [2.45, 2.75) is 57.5 Å². The zero-order chi connectivity index (χ0) is 20.3. The number of ether oxygens (including phenoxy) is 2. The summed E-state index contributed by atoms with van der Waals surface area (Å²) in [6.45, 7) is 0.521. The molecule has 0 unspecified atom stereocenters. The summed E-state index contributed by atoms with van der Waals surface area (Å²) in [5.74, 6) is -0.0102. The Balaban J connectivity index is 1.44. The summed E-state index contributed by atoms with van der Waals surface area (Å²) in [7, 11) is 0. The SMILES string of the molecule is O=C(CCCC(=O)OC(c1ccccc1)c1ccccc1)OCC1CCCCC1. The van der Waals surface area contributed by atoms with Crippen LogP contribution in [0.25, 0.3) is 0 Å². The van der Waals surface area contributed by atoms with Crippen molar-refractivity contribution in [3.05, 3.63) is 71.8 Å². The number of rotatable bonds is 9. The molecule has 4 heteroatoms. The first-order valence-electron chi connectivity index (χ1n) is 10.7. The van der Waals surface area contributed by atoms with Crippen LogP contribution in [0.5, 0.6) is 0 Å². The number of hydrogen-bond acceptors (Lipinski definition) is 4. The molecule has 0 bridgehead atoms. The highest BCUT2D eigenvalue weighted by atomic mass is 16.5. The van der Waals surface area contributed by atoms with Crippen molar-refractivity contribution >= 4 is 11.9 Å². The molecule has 3 rings (SSSR count). The van der Waals surface area contributed by atoms with Crippen molar-refractivity contribution in [2.75, 3.05) is 6.61 Å². The Morgan fingerprint density at radius 2 is 1.34 bits per heavy atom. The van der Waals surface area contributed by atoms with Crippen LogP contribution in [0.1, 0.15) is 68.6 Å². The molecule has 2 aromatic rings. The lowest BCUT2D eigenvalue weighted by atomic mass is 9.90. The van der Waals surface area contributed by atoms with Gasteiger partial charge in [-0.1, -0.05) is 79.9 Å². The van der Waals surface area contributed by atoms with Gasteiger partial charge in [-0.15, -0.1) is 0 Å². The summed E-state index contributed by atoms with van der Waals surface area (Å²) in [6, 6.07) is 19.4. The Labute approximate surface area is 173 Å². The number of carbonyl (C=O) groups is 2. The van der Waals surface area contributed by atoms with E-state index in [1.807, 2.05) is 60.7 Å². The van der Waals surface area contributed by atoms with Crippen molar-refractivity contribution in [1.82, 2.24) is 0 Å². The quantitative estimate of drug-likeness (QED) is 0.519. The summed E-state index contributed by atoms with van der Waals surface area (Å²) in [5.41, 5.74) is 1.86. The molecule has 0 aromatic heterocycles. The minimum Gasteiger partial charge on any atom is -0.465 e. The molecule has 0 radical (unpaired) electrons. The molecule has 154 valence electrons. The van der Waals surface area contributed by atoms with Crippen molar-refractivity contribution in [3.8, 4) is 0 Å². The van der Waals surface area contributed by atoms with Gasteiger partial charge in [-0.25, -0.2) is 0 Å². The van der Waals surface area contributed by atoms with Gasteiger partial charge in [-0.3, -0.25) is 9.59 Å². The van der Waals surface area contributed by atoms with Crippen molar-refractivity contribution < 1.29 is 19.1 Å². The van der Waals surface area contributed by atoms with E-state index in [1.165, 1.54) is 19.3 Å². The van der Waals surface area contributed by atoms with Crippen LogP contribution in [-0.2, 0) is 19.1 Å². The van der Waals surface area contributed by atoms with Crippen LogP contribution >= 0.6 is 0 Å². The predicted molar refractivity (Wildman–Crippen MR) is 112 cm³/mol. The summed E-state index contributed by atoms with van der Waals surface area (Å²) in [5, 5.41) is 0. The third kappa shape index (κ3) is 7.04. The maximum Gasteiger partial charge on any atom is 0.306 e. The largest absolute Gasteiger partial charge is 0.465 e. The molecule has 0 saturated heterocycles. The Kier molecular flexibility index (Phi) is 8.29. The van der Waals surface area contributed by atoms with Gasteiger partial charge >= 0.3 is 11.9 Å². The van der Waals surface area contributed by atoms with Crippen LogP contribution in [0.2, 0.25) is 0 Å². The van der Waals surface area contributed by atoms with Gasteiger partial charge in [-0.05, 0) is 36.3 Å². The average molecular weight is 395 g/mol. The molecule has 1 fully saturated rings. The van der Waals surface area contributed by atoms with E-state index in [0.717, 1.165) is 24.0 Å². The third-order valence-corrected chi connectivity index (χ3v) is 5.42. The van der Waals surface area contributed by atoms with Gasteiger partial charge in [0.05, 0.1) is 6.61 Å². The van der Waals surface area contributed by atoms with Crippen molar-refractivity contribution in [3.63, 3.8) is 0 Å². The van der Waals surface area contributed by atoms with Crippen molar-refractivity contribution in [1.29, 1.82) is 0 Å². The summed E-state index contributed by atoms with van der Waals surface area (Å²) >= 11 is 0. The van der Waals surface area contributed by atoms with Gasteiger partial charge in [0.15, 0.2) is 6.10 Å². The number of benzene rings is 2. The predicted octanol–water partition coefficient (Wildman–Crippen LogP) is 5.61. The second kappa shape index (κ2) is 11.4. The normalized spacial score (nSPS) is 14.5. The molecule has 1 saturated carbocycles. The number of hydrogen-bond donors (Lipinski definition) is 0. The zero-order valence-corrected chi connectivity index (χ0v) is 16.9. The first-order chi connectivity index (χ1) is 14.2. The van der Waals surface area contributed by atoms with Crippen molar-refractivity contribution in [2.24, 2.45) is 5.92 Å². The van der Waals surface area contributed by atoms with E-state index in [0.29, 0.717) is 18.9 Å². The topological polar surface area (TPSA) is 52.6 Å².